The zero-order valence-corrected chi connectivity index (χ0v) is 13.9. The van der Waals surface area contributed by atoms with Crippen LogP contribution < -0.4 is 10.6 Å². The molecule has 0 spiro atoms. The summed E-state index contributed by atoms with van der Waals surface area (Å²) < 4.78 is 2.95. The van der Waals surface area contributed by atoms with Crippen molar-refractivity contribution in [1.82, 2.24) is 9.55 Å². The van der Waals surface area contributed by atoms with E-state index in [4.69, 9.17) is 0 Å². The number of nitro benzene ring substituents is 1. The van der Waals surface area contributed by atoms with Crippen molar-refractivity contribution in [1.29, 1.82) is 0 Å². The van der Waals surface area contributed by atoms with Gasteiger partial charge in [0.1, 0.15) is 0 Å². The Hall–Kier alpha value is -2.87. The van der Waals surface area contributed by atoms with Gasteiger partial charge in [0.15, 0.2) is 0 Å². The molecule has 3 aromatic rings. The van der Waals surface area contributed by atoms with Crippen LogP contribution in [0, 0.1) is 10.1 Å². The second-order valence-corrected chi connectivity index (χ2v) is 6.33. The van der Waals surface area contributed by atoms with Gasteiger partial charge in [0.05, 0.1) is 40.2 Å². The monoisotopic (exact) mass is 385 g/mol. The van der Waals surface area contributed by atoms with Crippen LogP contribution in [0.5, 0.6) is 0 Å². The molecule has 0 aliphatic carbocycles. The molecule has 2 aromatic carbocycles. The first kappa shape index (κ1) is 14.7. The van der Waals surface area contributed by atoms with E-state index in [9.17, 15) is 10.1 Å². The highest BCUT2D eigenvalue weighted by atomic mass is 79.9. The Labute approximate surface area is 145 Å². The van der Waals surface area contributed by atoms with Crippen molar-refractivity contribution in [3.63, 3.8) is 0 Å². The van der Waals surface area contributed by atoms with Crippen LogP contribution in [0.1, 0.15) is 5.56 Å². The van der Waals surface area contributed by atoms with E-state index in [1.165, 1.54) is 12.1 Å². The summed E-state index contributed by atoms with van der Waals surface area (Å²) >= 11 is 3.53. The fourth-order valence-electron chi connectivity index (χ4n) is 2.80. The number of anilines is 2. The lowest BCUT2D eigenvalue weighted by Gasteiger charge is -2.19. The number of imidazole rings is 1. The van der Waals surface area contributed by atoms with Gasteiger partial charge in [0, 0.05) is 29.0 Å². The smallest absolute Gasteiger partial charge is 0.271 e. The zero-order chi connectivity index (χ0) is 16.7. The lowest BCUT2D eigenvalue weighted by atomic mass is 10.1. The molecule has 0 unspecified atom stereocenters. The molecule has 2 N–H and O–H groups in total. The lowest BCUT2D eigenvalue weighted by molar-refractivity contribution is -0.384. The molecular formula is C16H12BrN5O2. The number of rotatable bonds is 3. The van der Waals surface area contributed by atoms with Crippen molar-refractivity contribution in [2.75, 3.05) is 10.6 Å². The maximum atomic E-state index is 10.9. The molecule has 0 atom stereocenters. The van der Waals surface area contributed by atoms with Crippen LogP contribution in [0.15, 0.2) is 53.5 Å². The predicted molar refractivity (Wildman–Crippen MR) is 96.0 cm³/mol. The number of benzene rings is 2. The van der Waals surface area contributed by atoms with Gasteiger partial charge >= 0.3 is 0 Å². The SMILES string of the molecule is O=[N+]([O-])c1ccc2c(c1)ncn2Cc1cc(Br)cc2c1NC=CN2. The summed E-state index contributed by atoms with van der Waals surface area (Å²) in [7, 11) is 0. The zero-order valence-electron chi connectivity index (χ0n) is 12.4. The van der Waals surface area contributed by atoms with E-state index in [0.29, 0.717) is 12.1 Å². The molecular weight excluding hydrogens is 374 g/mol. The van der Waals surface area contributed by atoms with E-state index >= 15 is 0 Å². The second-order valence-electron chi connectivity index (χ2n) is 5.41. The molecule has 1 aliphatic rings. The Bertz CT molecular complexity index is 996. The summed E-state index contributed by atoms with van der Waals surface area (Å²) in [5.74, 6) is 0. The molecule has 4 rings (SSSR count). The van der Waals surface area contributed by atoms with Gasteiger partial charge in [-0.3, -0.25) is 10.1 Å². The van der Waals surface area contributed by atoms with Crippen LogP contribution in [0.2, 0.25) is 0 Å². The highest BCUT2D eigenvalue weighted by Gasteiger charge is 2.14. The molecule has 24 heavy (non-hydrogen) atoms. The number of aromatic nitrogens is 2. The minimum Gasteiger partial charge on any atom is -0.359 e. The fourth-order valence-corrected chi connectivity index (χ4v) is 3.31. The molecule has 0 fully saturated rings. The molecule has 1 aromatic heterocycles. The predicted octanol–water partition coefficient (Wildman–Crippen LogP) is 4.06. The topological polar surface area (TPSA) is 85.0 Å². The number of nitrogens with zero attached hydrogens (tertiary/aromatic N) is 3. The molecule has 0 saturated heterocycles. The summed E-state index contributed by atoms with van der Waals surface area (Å²) in [5.41, 5.74) is 4.58. The molecule has 1 aliphatic heterocycles. The first-order valence-corrected chi connectivity index (χ1v) is 8.01. The number of fused-ring (bicyclic) bond motifs is 2. The number of halogens is 1. The average Bonchev–Trinajstić information content (AvgIpc) is 2.97. The Kier molecular flexibility index (Phi) is 3.46. The molecule has 0 amide bonds. The van der Waals surface area contributed by atoms with Gasteiger partial charge in [-0.1, -0.05) is 15.9 Å². The standard InChI is InChI=1S/C16H12BrN5O2/c17-11-5-10(16-14(6-11)18-3-4-19-16)8-21-9-20-13-7-12(22(23)24)1-2-15(13)21/h1-7,9,18-19H,8H2. The van der Waals surface area contributed by atoms with Gasteiger partial charge in [-0.25, -0.2) is 4.98 Å². The third kappa shape index (κ3) is 2.50. The maximum absolute atomic E-state index is 10.9. The van der Waals surface area contributed by atoms with Crippen LogP contribution >= 0.6 is 15.9 Å². The highest BCUT2D eigenvalue weighted by molar-refractivity contribution is 9.10. The van der Waals surface area contributed by atoms with E-state index in [-0.39, 0.29) is 5.69 Å². The van der Waals surface area contributed by atoms with Crippen molar-refractivity contribution >= 4 is 44.0 Å². The molecule has 0 bridgehead atoms. The van der Waals surface area contributed by atoms with Crippen LogP contribution in [0.25, 0.3) is 11.0 Å². The van der Waals surface area contributed by atoms with Gasteiger partial charge < -0.3 is 15.2 Å². The average molecular weight is 386 g/mol. The van der Waals surface area contributed by atoms with Gasteiger partial charge in [-0.2, -0.15) is 0 Å². The number of non-ortho nitro benzene ring substituents is 1. The van der Waals surface area contributed by atoms with Crippen molar-refractivity contribution in [3.8, 4) is 0 Å². The van der Waals surface area contributed by atoms with E-state index in [0.717, 1.165) is 26.9 Å². The van der Waals surface area contributed by atoms with E-state index < -0.39 is 4.92 Å². The quantitative estimate of drug-likeness (QED) is 0.524. The molecule has 7 nitrogen and oxygen atoms in total. The number of nitro groups is 1. The van der Waals surface area contributed by atoms with Gasteiger partial charge in [-0.05, 0) is 23.8 Å². The number of nitrogens with one attached hydrogen (secondary N) is 2. The summed E-state index contributed by atoms with van der Waals surface area (Å²) in [6.45, 7) is 0.596. The van der Waals surface area contributed by atoms with E-state index in [1.807, 2.05) is 29.1 Å². The third-order valence-corrected chi connectivity index (χ3v) is 4.35. The Balaban J connectivity index is 1.75. The van der Waals surface area contributed by atoms with Crippen molar-refractivity contribution in [2.45, 2.75) is 6.54 Å². The molecule has 8 heteroatoms. The Morgan fingerprint density at radius 3 is 2.88 bits per heavy atom. The van der Waals surface area contributed by atoms with Crippen LogP contribution in [-0.2, 0) is 6.54 Å². The molecule has 0 radical (unpaired) electrons. The summed E-state index contributed by atoms with van der Waals surface area (Å²) in [6.07, 6.45) is 5.38. The van der Waals surface area contributed by atoms with Crippen LogP contribution in [0.3, 0.4) is 0 Å². The van der Waals surface area contributed by atoms with Crippen molar-refractivity contribution in [3.05, 3.63) is 69.2 Å². The Morgan fingerprint density at radius 1 is 1.21 bits per heavy atom. The first-order valence-electron chi connectivity index (χ1n) is 7.21. The minimum absolute atomic E-state index is 0.0450. The molecule has 120 valence electrons. The lowest BCUT2D eigenvalue weighted by Crippen LogP contribution is -2.08. The molecule has 2 heterocycles. The maximum Gasteiger partial charge on any atom is 0.271 e. The van der Waals surface area contributed by atoms with Gasteiger partial charge in [0.25, 0.3) is 5.69 Å². The normalized spacial score (nSPS) is 12.5. The van der Waals surface area contributed by atoms with Crippen LogP contribution in [-0.4, -0.2) is 14.5 Å². The van der Waals surface area contributed by atoms with E-state index in [2.05, 4.69) is 31.5 Å². The second kappa shape index (κ2) is 5.64. The van der Waals surface area contributed by atoms with Gasteiger partial charge in [-0.15, -0.1) is 0 Å². The van der Waals surface area contributed by atoms with Gasteiger partial charge in [0.2, 0.25) is 0 Å². The van der Waals surface area contributed by atoms with Crippen molar-refractivity contribution < 1.29 is 4.92 Å². The fraction of sp³-hybridized carbons (Fsp3) is 0.0625. The first-order chi connectivity index (χ1) is 11.6. The largest absolute Gasteiger partial charge is 0.359 e. The third-order valence-electron chi connectivity index (χ3n) is 3.89. The summed E-state index contributed by atoms with van der Waals surface area (Å²) in [5, 5.41) is 17.3. The molecule has 0 saturated carbocycles. The van der Waals surface area contributed by atoms with Crippen molar-refractivity contribution in [2.24, 2.45) is 0 Å². The number of hydrogen-bond acceptors (Lipinski definition) is 5. The van der Waals surface area contributed by atoms with E-state index in [1.54, 1.807) is 12.4 Å². The minimum atomic E-state index is -0.412. The van der Waals surface area contributed by atoms with Crippen LogP contribution in [0.4, 0.5) is 17.1 Å². The highest BCUT2D eigenvalue weighted by Crippen LogP contribution is 2.33. The summed E-state index contributed by atoms with van der Waals surface area (Å²) in [6, 6.07) is 8.77. The summed E-state index contributed by atoms with van der Waals surface area (Å²) in [4.78, 5) is 14.8. The number of hydrogen-bond donors (Lipinski definition) is 2. The Morgan fingerprint density at radius 2 is 2.04 bits per heavy atom.